The van der Waals surface area contributed by atoms with Gasteiger partial charge in [0, 0.05) is 37.1 Å². The summed E-state index contributed by atoms with van der Waals surface area (Å²) in [5.41, 5.74) is 0. The molecule has 5 heteroatoms. The van der Waals surface area contributed by atoms with Crippen LogP contribution in [0.25, 0.3) is 0 Å². The van der Waals surface area contributed by atoms with Crippen LogP contribution in [-0.2, 0) is 4.79 Å². The second kappa shape index (κ2) is 6.70. The lowest BCUT2D eigenvalue weighted by Crippen LogP contribution is -2.54. The molecule has 112 valence electrons. The van der Waals surface area contributed by atoms with Gasteiger partial charge in [0.2, 0.25) is 0 Å². The Morgan fingerprint density at radius 1 is 1.50 bits per heavy atom. The standard InChI is InChI=1S/C15H24N2O2S/c1-11(2)9-16-6-7-17(10-12(16)3)14(15(18)19)13-5-4-8-20-13/h4-5,8,11-12,14H,6-7,9-10H2,1-3H3,(H,18,19). The fourth-order valence-corrected chi connectivity index (χ4v) is 3.75. The molecule has 1 N–H and O–H groups in total. The highest BCUT2D eigenvalue weighted by Crippen LogP contribution is 2.27. The van der Waals surface area contributed by atoms with Crippen molar-refractivity contribution < 1.29 is 9.90 Å². The predicted octanol–water partition coefficient (Wildman–Crippen LogP) is 2.54. The number of carboxylic acids is 1. The number of carboxylic acid groups (broad SMARTS) is 1. The molecule has 1 aliphatic heterocycles. The lowest BCUT2D eigenvalue weighted by Gasteiger charge is -2.42. The average molecular weight is 296 g/mol. The zero-order valence-corrected chi connectivity index (χ0v) is 13.3. The summed E-state index contributed by atoms with van der Waals surface area (Å²) in [6, 6.07) is 3.77. The highest BCUT2D eigenvalue weighted by molar-refractivity contribution is 7.10. The van der Waals surface area contributed by atoms with Crippen molar-refractivity contribution in [1.82, 2.24) is 9.80 Å². The van der Waals surface area contributed by atoms with Crippen molar-refractivity contribution in [3.8, 4) is 0 Å². The number of thiophene rings is 1. The summed E-state index contributed by atoms with van der Waals surface area (Å²) in [5.74, 6) is -0.0893. The molecule has 0 amide bonds. The first-order valence-electron chi connectivity index (χ1n) is 7.23. The molecule has 2 atom stereocenters. The molecule has 0 aliphatic carbocycles. The van der Waals surface area contributed by atoms with Crippen molar-refractivity contribution >= 4 is 17.3 Å². The van der Waals surface area contributed by atoms with Crippen LogP contribution in [-0.4, -0.2) is 53.1 Å². The zero-order valence-electron chi connectivity index (χ0n) is 12.5. The topological polar surface area (TPSA) is 43.8 Å². The Morgan fingerprint density at radius 2 is 2.25 bits per heavy atom. The van der Waals surface area contributed by atoms with Crippen molar-refractivity contribution in [2.24, 2.45) is 5.92 Å². The van der Waals surface area contributed by atoms with E-state index in [0.29, 0.717) is 12.0 Å². The summed E-state index contributed by atoms with van der Waals surface area (Å²) in [6.45, 7) is 10.3. The number of carbonyl (C=O) groups is 1. The Balaban J connectivity index is 2.05. The van der Waals surface area contributed by atoms with E-state index in [-0.39, 0.29) is 0 Å². The average Bonchev–Trinajstić information content (AvgIpc) is 2.85. The van der Waals surface area contributed by atoms with Gasteiger partial charge in [-0.25, -0.2) is 0 Å². The molecular weight excluding hydrogens is 272 g/mol. The number of hydrogen-bond donors (Lipinski definition) is 1. The molecule has 1 aliphatic rings. The van der Waals surface area contributed by atoms with E-state index in [9.17, 15) is 9.90 Å². The Labute approximate surface area is 125 Å². The number of hydrogen-bond acceptors (Lipinski definition) is 4. The molecule has 4 nitrogen and oxygen atoms in total. The van der Waals surface area contributed by atoms with Gasteiger partial charge >= 0.3 is 5.97 Å². The molecule has 1 aromatic heterocycles. The molecule has 1 saturated heterocycles. The van der Waals surface area contributed by atoms with Crippen molar-refractivity contribution in [3.05, 3.63) is 22.4 Å². The molecule has 0 spiro atoms. The Morgan fingerprint density at radius 3 is 2.75 bits per heavy atom. The minimum absolute atomic E-state index is 0.410. The maximum Gasteiger partial charge on any atom is 0.326 e. The first-order chi connectivity index (χ1) is 9.49. The van der Waals surface area contributed by atoms with Crippen LogP contribution in [0.4, 0.5) is 0 Å². The summed E-state index contributed by atoms with van der Waals surface area (Å²) in [4.78, 5) is 17.1. The highest BCUT2D eigenvalue weighted by Gasteiger charge is 2.33. The third kappa shape index (κ3) is 3.59. The number of aliphatic carboxylic acids is 1. The monoisotopic (exact) mass is 296 g/mol. The van der Waals surface area contributed by atoms with Crippen LogP contribution in [0.3, 0.4) is 0 Å². The van der Waals surface area contributed by atoms with Gasteiger partial charge in [0.05, 0.1) is 0 Å². The maximum atomic E-state index is 11.6. The number of piperazine rings is 1. The molecule has 1 fully saturated rings. The lowest BCUT2D eigenvalue weighted by molar-refractivity contribution is -0.144. The molecular formula is C15H24N2O2S. The van der Waals surface area contributed by atoms with Crippen LogP contribution in [0.2, 0.25) is 0 Å². The third-order valence-corrected chi connectivity index (χ3v) is 4.73. The fraction of sp³-hybridized carbons (Fsp3) is 0.667. The van der Waals surface area contributed by atoms with Gasteiger partial charge in [-0.05, 0) is 24.3 Å². The molecule has 0 aromatic carbocycles. The van der Waals surface area contributed by atoms with E-state index in [1.165, 1.54) is 11.3 Å². The summed E-state index contributed by atoms with van der Waals surface area (Å²) < 4.78 is 0. The second-order valence-corrected chi connectivity index (χ2v) is 6.97. The van der Waals surface area contributed by atoms with Gasteiger partial charge < -0.3 is 5.11 Å². The van der Waals surface area contributed by atoms with Crippen molar-refractivity contribution in [3.63, 3.8) is 0 Å². The normalized spacial score (nSPS) is 23.1. The molecule has 0 bridgehead atoms. The van der Waals surface area contributed by atoms with Gasteiger partial charge in [0.1, 0.15) is 6.04 Å². The number of nitrogens with zero attached hydrogens (tertiary/aromatic N) is 2. The van der Waals surface area contributed by atoms with E-state index in [1.807, 2.05) is 17.5 Å². The Bertz CT molecular complexity index is 433. The highest BCUT2D eigenvalue weighted by atomic mass is 32.1. The molecule has 2 rings (SSSR count). The van der Waals surface area contributed by atoms with Crippen LogP contribution in [0.5, 0.6) is 0 Å². The molecule has 1 aromatic rings. The van der Waals surface area contributed by atoms with Crippen LogP contribution in [0.1, 0.15) is 31.7 Å². The summed E-state index contributed by atoms with van der Waals surface area (Å²) in [6.07, 6.45) is 0. The third-order valence-electron chi connectivity index (χ3n) is 3.81. The van der Waals surface area contributed by atoms with Crippen LogP contribution < -0.4 is 0 Å². The van der Waals surface area contributed by atoms with E-state index in [0.717, 1.165) is 31.1 Å². The minimum Gasteiger partial charge on any atom is -0.480 e. The van der Waals surface area contributed by atoms with Crippen molar-refractivity contribution in [1.29, 1.82) is 0 Å². The first-order valence-corrected chi connectivity index (χ1v) is 8.11. The van der Waals surface area contributed by atoms with Gasteiger partial charge in [-0.1, -0.05) is 19.9 Å². The van der Waals surface area contributed by atoms with Crippen LogP contribution in [0.15, 0.2) is 17.5 Å². The van der Waals surface area contributed by atoms with Gasteiger partial charge in [0.25, 0.3) is 0 Å². The fourth-order valence-electron chi connectivity index (χ4n) is 2.90. The first kappa shape index (κ1) is 15.5. The molecule has 20 heavy (non-hydrogen) atoms. The van der Waals surface area contributed by atoms with Crippen molar-refractivity contribution in [2.75, 3.05) is 26.2 Å². The predicted molar refractivity (Wildman–Crippen MR) is 82.1 cm³/mol. The molecule has 0 radical (unpaired) electrons. The minimum atomic E-state index is -0.739. The maximum absolute atomic E-state index is 11.6. The SMILES string of the molecule is CC(C)CN1CCN(C(C(=O)O)c2cccs2)CC1C. The molecule has 2 heterocycles. The zero-order chi connectivity index (χ0) is 14.7. The van der Waals surface area contributed by atoms with E-state index in [4.69, 9.17) is 0 Å². The summed E-state index contributed by atoms with van der Waals surface area (Å²) in [5, 5.41) is 11.5. The molecule has 2 unspecified atom stereocenters. The number of rotatable bonds is 5. The largest absolute Gasteiger partial charge is 0.480 e. The Hall–Kier alpha value is -0.910. The quantitative estimate of drug-likeness (QED) is 0.907. The van der Waals surface area contributed by atoms with E-state index in [1.54, 1.807) is 0 Å². The Kier molecular flexibility index (Phi) is 5.18. The summed E-state index contributed by atoms with van der Waals surface area (Å²) >= 11 is 1.53. The van der Waals surface area contributed by atoms with E-state index < -0.39 is 12.0 Å². The van der Waals surface area contributed by atoms with Crippen LogP contribution >= 0.6 is 11.3 Å². The van der Waals surface area contributed by atoms with Gasteiger partial charge in [-0.3, -0.25) is 14.6 Å². The molecule has 0 saturated carbocycles. The van der Waals surface area contributed by atoms with Crippen molar-refractivity contribution in [2.45, 2.75) is 32.9 Å². The smallest absolute Gasteiger partial charge is 0.326 e. The van der Waals surface area contributed by atoms with E-state index in [2.05, 4.69) is 30.6 Å². The lowest BCUT2D eigenvalue weighted by atomic mass is 10.1. The van der Waals surface area contributed by atoms with Crippen LogP contribution in [0, 0.1) is 5.92 Å². The van der Waals surface area contributed by atoms with E-state index >= 15 is 0 Å². The summed E-state index contributed by atoms with van der Waals surface area (Å²) in [7, 11) is 0. The van der Waals surface area contributed by atoms with Gasteiger partial charge in [-0.15, -0.1) is 11.3 Å². The van der Waals surface area contributed by atoms with Gasteiger partial charge in [0.15, 0.2) is 0 Å². The second-order valence-electron chi connectivity index (χ2n) is 5.99. The van der Waals surface area contributed by atoms with Gasteiger partial charge in [-0.2, -0.15) is 0 Å².